The highest BCUT2D eigenvalue weighted by atomic mass is 35.5. The van der Waals surface area contributed by atoms with E-state index < -0.39 is 5.82 Å². The average Bonchev–Trinajstić information content (AvgIpc) is 3.28. The molecule has 10 heteroatoms. The predicted molar refractivity (Wildman–Crippen MR) is 124 cm³/mol. The van der Waals surface area contributed by atoms with Crippen molar-refractivity contribution in [3.63, 3.8) is 0 Å². The van der Waals surface area contributed by atoms with Crippen LogP contribution in [0.2, 0.25) is 5.02 Å². The van der Waals surface area contributed by atoms with E-state index in [4.69, 9.17) is 26.1 Å². The van der Waals surface area contributed by atoms with Crippen molar-refractivity contribution in [3.8, 4) is 5.75 Å². The third-order valence-electron chi connectivity index (χ3n) is 6.68. The van der Waals surface area contributed by atoms with Gasteiger partial charge < -0.3 is 25.0 Å². The number of halogens is 2. The number of hydrogen-bond donors (Lipinski definition) is 2. The molecule has 0 radical (unpaired) electrons. The Kier molecular flexibility index (Phi) is 5.20. The molecular weight excluding hydrogens is 447 g/mol. The van der Waals surface area contributed by atoms with Crippen molar-refractivity contribution in [3.05, 3.63) is 41.4 Å². The molecule has 2 aromatic heterocycles. The minimum atomic E-state index is -0.597. The van der Waals surface area contributed by atoms with Crippen molar-refractivity contribution in [2.75, 3.05) is 49.7 Å². The summed E-state index contributed by atoms with van der Waals surface area (Å²) >= 11 is 6.28. The van der Waals surface area contributed by atoms with Gasteiger partial charge in [-0.3, -0.25) is 0 Å². The summed E-state index contributed by atoms with van der Waals surface area (Å²) in [4.78, 5) is 15.6. The number of benzene rings is 1. The summed E-state index contributed by atoms with van der Waals surface area (Å²) in [7, 11) is 0. The van der Waals surface area contributed by atoms with Gasteiger partial charge in [-0.1, -0.05) is 11.6 Å². The van der Waals surface area contributed by atoms with Crippen molar-refractivity contribution >= 4 is 40.0 Å². The molecule has 1 spiro atoms. The summed E-state index contributed by atoms with van der Waals surface area (Å²) in [5.74, 6) is 1.30. The second-order valence-electron chi connectivity index (χ2n) is 8.98. The van der Waals surface area contributed by atoms with Gasteiger partial charge in [0.1, 0.15) is 28.4 Å². The largest absolute Gasteiger partial charge is 0.492 e. The topological polar surface area (TPSA) is 84.4 Å². The minimum absolute atomic E-state index is 0.0650. The van der Waals surface area contributed by atoms with Gasteiger partial charge in [-0.2, -0.15) is 0 Å². The molecule has 2 N–H and O–H groups in total. The zero-order valence-electron chi connectivity index (χ0n) is 18.0. The highest BCUT2D eigenvalue weighted by Crippen LogP contribution is 2.36. The molecule has 3 aliphatic heterocycles. The monoisotopic (exact) mass is 470 g/mol. The number of fused-ring (bicyclic) bond motifs is 1. The number of nitrogens with zero attached hydrogens (tertiary/aromatic N) is 4. The van der Waals surface area contributed by atoms with Gasteiger partial charge in [0.25, 0.3) is 0 Å². The lowest BCUT2D eigenvalue weighted by atomic mass is 9.80. The Balaban J connectivity index is 1.23. The summed E-state index contributed by atoms with van der Waals surface area (Å²) < 4.78 is 26.2. The molecule has 1 aromatic carbocycles. The second-order valence-corrected chi connectivity index (χ2v) is 9.36. The Bertz CT molecular complexity index is 1190. The molecule has 6 rings (SSSR count). The van der Waals surface area contributed by atoms with Crippen LogP contribution in [0.1, 0.15) is 12.8 Å². The number of pyridine rings is 1. The van der Waals surface area contributed by atoms with Gasteiger partial charge in [0, 0.05) is 25.6 Å². The quantitative estimate of drug-likeness (QED) is 0.566. The summed E-state index contributed by atoms with van der Waals surface area (Å²) in [6.45, 7) is 4.78. The SMILES string of the molecule is Fc1c(Nc2ncnc3ccc(N4CC5(CCN5)C4)nc23)ccc(OC[C@@H]2CCOC2)c1Cl. The van der Waals surface area contributed by atoms with Crippen LogP contribution in [-0.2, 0) is 4.74 Å². The van der Waals surface area contributed by atoms with Gasteiger partial charge in [-0.15, -0.1) is 0 Å². The van der Waals surface area contributed by atoms with E-state index in [-0.39, 0.29) is 16.2 Å². The Morgan fingerprint density at radius 3 is 2.91 bits per heavy atom. The van der Waals surface area contributed by atoms with Crippen LogP contribution < -0.4 is 20.3 Å². The Hall–Kier alpha value is -2.75. The summed E-state index contributed by atoms with van der Waals surface area (Å²) in [5, 5.41) is 6.48. The second kappa shape index (κ2) is 8.23. The first-order valence-corrected chi connectivity index (χ1v) is 11.6. The smallest absolute Gasteiger partial charge is 0.169 e. The third-order valence-corrected chi connectivity index (χ3v) is 7.03. The number of nitrogens with one attached hydrogen (secondary N) is 2. The van der Waals surface area contributed by atoms with Gasteiger partial charge in [-0.25, -0.2) is 19.3 Å². The van der Waals surface area contributed by atoms with Crippen LogP contribution in [0.3, 0.4) is 0 Å². The van der Waals surface area contributed by atoms with Crippen molar-refractivity contribution in [1.82, 2.24) is 20.3 Å². The Morgan fingerprint density at radius 2 is 2.15 bits per heavy atom. The van der Waals surface area contributed by atoms with Crippen molar-refractivity contribution < 1.29 is 13.9 Å². The van der Waals surface area contributed by atoms with Gasteiger partial charge in [0.15, 0.2) is 11.6 Å². The predicted octanol–water partition coefficient (Wildman–Crippen LogP) is 3.53. The van der Waals surface area contributed by atoms with Crippen LogP contribution in [0.15, 0.2) is 30.6 Å². The molecule has 8 nitrogen and oxygen atoms in total. The molecule has 0 aliphatic carbocycles. The first-order valence-electron chi connectivity index (χ1n) is 11.2. The fourth-order valence-corrected chi connectivity index (χ4v) is 4.80. The molecule has 3 aromatic rings. The van der Waals surface area contributed by atoms with E-state index in [2.05, 4.69) is 25.5 Å². The van der Waals surface area contributed by atoms with E-state index in [1.165, 1.54) is 12.7 Å². The van der Waals surface area contributed by atoms with Crippen LogP contribution in [0.5, 0.6) is 5.75 Å². The van der Waals surface area contributed by atoms with Gasteiger partial charge in [0.05, 0.1) is 30.0 Å². The number of anilines is 3. The third kappa shape index (κ3) is 3.84. The summed E-state index contributed by atoms with van der Waals surface area (Å²) in [6.07, 6.45) is 3.56. The lowest BCUT2D eigenvalue weighted by molar-refractivity contribution is 0.159. The van der Waals surface area contributed by atoms with Crippen molar-refractivity contribution in [2.45, 2.75) is 18.4 Å². The van der Waals surface area contributed by atoms with Gasteiger partial charge >= 0.3 is 0 Å². The molecule has 5 heterocycles. The maximum absolute atomic E-state index is 15.1. The molecule has 1 atom stereocenters. The molecule has 3 aliphatic rings. The number of hydrogen-bond acceptors (Lipinski definition) is 8. The van der Waals surface area contributed by atoms with E-state index >= 15 is 4.39 Å². The molecule has 3 fully saturated rings. The van der Waals surface area contributed by atoms with E-state index in [1.54, 1.807) is 12.1 Å². The summed E-state index contributed by atoms with van der Waals surface area (Å²) in [6, 6.07) is 7.14. The van der Waals surface area contributed by atoms with E-state index in [0.29, 0.717) is 41.7 Å². The number of rotatable bonds is 6. The maximum atomic E-state index is 15.1. The van der Waals surface area contributed by atoms with Crippen LogP contribution in [-0.4, -0.2) is 59.9 Å². The van der Waals surface area contributed by atoms with E-state index in [9.17, 15) is 0 Å². The molecule has 0 saturated carbocycles. The highest BCUT2D eigenvalue weighted by Gasteiger charge is 2.47. The molecule has 0 unspecified atom stereocenters. The standard InChI is InChI=1S/C23H24ClFN6O2/c24-19-17(33-10-14-5-8-32-9-14)3-1-15(20(19)25)29-22-21-16(26-13-27-22)2-4-18(30-21)31-11-23(12-31)6-7-28-23/h1-4,13-14,28H,5-12H2,(H,26,27,29)/t14-/m1/s1. The fourth-order valence-electron chi connectivity index (χ4n) is 4.58. The summed E-state index contributed by atoms with van der Waals surface area (Å²) in [5.41, 5.74) is 1.71. The fraction of sp³-hybridized carbons (Fsp3) is 0.435. The Labute approximate surface area is 195 Å². The first kappa shape index (κ1) is 20.8. The number of ether oxygens (including phenoxy) is 2. The normalized spacial score (nSPS) is 21.2. The van der Waals surface area contributed by atoms with Crippen LogP contribution in [0.4, 0.5) is 21.7 Å². The lowest BCUT2D eigenvalue weighted by Gasteiger charge is -2.56. The van der Waals surface area contributed by atoms with Crippen LogP contribution in [0, 0.1) is 11.7 Å². The van der Waals surface area contributed by atoms with Gasteiger partial charge in [-0.05, 0) is 43.7 Å². The molecule has 3 saturated heterocycles. The van der Waals surface area contributed by atoms with Crippen LogP contribution >= 0.6 is 11.6 Å². The molecule has 0 amide bonds. The van der Waals surface area contributed by atoms with Crippen LogP contribution in [0.25, 0.3) is 11.0 Å². The van der Waals surface area contributed by atoms with E-state index in [0.717, 1.165) is 38.5 Å². The zero-order chi connectivity index (χ0) is 22.4. The molecule has 33 heavy (non-hydrogen) atoms. The molecule has 172 valence electrons. The first-order chi connectivity index (χ1) is 16.1. The lowest BCUT2D eigenvalue weighted by Crippen LogP contribution is -2.76. The van der Waals surface area contributed by atoms with E-state index in [1.807, 2.05) is 12.1 Å². The van der Waals surface area contributed by atoms with Crippen molar-refractivity contribution in [1.29, 1.82) is 0 Å². The molecular formula is C23H24ClFN6O2. The minimum Gasteiger partial charge on any atom is -0.492 e. The maximum Gasteiger partial charge on any atom is 0.169 e. The van der Waals surface area contributed by atoms with Gasteiger partial charge in [0.2, 0.25) is 0 Å². The average molecular weight is 471 g/mol. The number of aromatic nitrogens is 3. The highest BCUT2D eigenvalue weighted by molar-refractivity contribution is 6.32. The van der Waals surface area contributed by atoms with Crippen molar-refractivity contribution in [2.24, 2.45) is 5.92 Å². The zero-order valence-corrected chi connectivity index (χ0v) is 18.7. The Morgan fingerprint density at radius 1 is 1.27 bits per heavy atom. The molecule has 0 bridgehead atoms.